The molecule has 0 saturated carbocycles. The Hall–Kier alpha value is -2.45. The number of hydrogen-bond donors (Lipinski definition) is 0. The summed E-state index contributed by atoms with van der Waals surface area (Å²) in [6.45, 7) is 3.32. The van der Waals surface area contributed by atoms with Crippen molar-refractivity contribution in [2.75, 3.05) is 13.2 Å². The van der Waals surface area contributed by atoms with Crippen LogP contribution < -0.4 is 0 Å². The summed E-state index contributed by atoms with van der Waals surface area (Å²) in [6.07, 6.45) is 1.46. The molecule has 5 nitrogen and oxygen atoms in total. The van der Waals surface area contributed by atoms with Crippen molar-refractivity contribution >= 4 is 17.0 Å². The zero-order chi connectivity index (χ0) is 18.5. The van der Waals surface area contributed by atoms with Crippen LogP contribution in [0.2, 0.25) is 0 Å². The molecular formula is C19H16F2N4OS. The van der Waals surface area contributed by atoms with Crippen molar-refractivity contribution in [3.05, 3.63) is 63.0 Å². The molecule has 0 radical (unpaired) electrons. The molecule has 0 fully saturated rings. The smallest absolute Gasteiger partial charge is 0.160 e. The Balaban J connectivity index is 1.83. The van der Waals surface area contributed by atoms with Crippen molar-refractivity contribution in [1.29, 1.82) is 0 Å². The van der Waals surface area contributed by atoms with E-state index in [1.54, 1.807) is 11.3 Å². The van der Waals surface area contributed by atoms with Crippen LogP contribution in [-0.4, -0.2) is 33.7 Å². The molecule has 8 heteroatoms. The van der Waals surface area contributed by atoms with Gasteiger partial charge in [-0.2, -0.15) is 0 Å². The van der Waals surface area contributed by atoms with Crippen molar-refractivity contribution in [2.24, 2.45) is 4.99 Å². The fraction of sp³-hybridized carbons (Fsp3) is 0.316. The maximum atomic E-state index is 14.6. The minimum atomic E-state index is -0.612. The van der Waals surface area contributed by atoms with Crippen LogP contribution in [0.4, 0.5) is 8.78 Å². The zero-order valence-corrected chi connectivity index (χ0v) is 15.4. The monoisotopic (exact) mass is 386 g/mol. The number of fused-ring (bicyclic) bond motifs is 5. The topological polar surface area (TPSA) is 52.3 Å². The number of hydrogen-bond acceptors (Lipinski definition) is 5. The molecule has 5 rings (SSSR count). The van der Waals surface area contributed by atoms with Gasteiger partial charge in [0.15, 0.2) is 5.82 Å². The largest absolute Gasteiger partial charge is 0.381 e. The van der Waals surface area contributed by atoms with Crippen molar-refractivity contribution in [3.8, 4) is 5.00 Å². The highest BCUT2D eigenvalue weighted by Gasteiger charge is 2.31. The molecule has 27 heavy (non-hydrogen) atoms. The number of aromatic nitrogens is 3. The van der Waals surface area contributed by atoms with Gasteiger partial charge in [-0.3, -0.25) is 9.56 Å². The van der Waals surface area contributed by atoms with E-state index in [0.29, 0.717) is 31.2 Å². The first kappa shape index (κ1) is 16.7. The summed E-state index contributed by atoms with van der Waals surface area (Å²) in [6, 6.07) is 3.91. The average Bonchev–Trinajstić information content (AvgIpc) is 3.02. The second-order valence-electron chi connectivity index (χ2n) is 6.56. The SMILES string of the molecule is Cc1nnc2n1-c1sc3c(c1C(c1c(F)cccc1F)=NC2)CCOCC3. The predicted molar refractivity (Wildman–Crippen MR) is 97.9 cm³/mol. The van der Waals surface area contributed by atoms with Crippen LogP contribution in [-0.2, 0) is 24.1 Å². The van der Waals surface area contributed by atoms with E-state index in [9.17, 15) is 8.78 Å². The van der Waals surface area contributed by atoms with Gasteiger partial charge in [-0.05, 0) is 31.0 Å². The van der Waals surface area contributed by atoms with Gasteiger partial charge in [0, 0.05) is 16.9 Å². The van der Waals surface area contributed by atoms with Crippen LogP contribution in [0, 0.1) is 18.6 Å². The van der Waals surface area contributed by atoms with Crippen LogP contribution in [0.5, 0.6) is 0 Å². The van der Waals surface area contributed by atoms with Crippen molar-refractivity contribution in [3.63, 3.8) is 0 Å². The van der Waals surface area contributed by atoms with Gasteiger partial charge < -0.3 is 4.74 Å². The minimum absolute atomic E-state index is 0.0825. The molecular weight excluding hydrogens is 370 g/mol. The molecule has 0 spiro atoms. The Morgan fingerprint density at radius 3 is 2.67 bits per heavy atom. The molecule has 0 amide bonds. The number of aliphatic imine (C=N–C) groups is 1. The Kier molecular flexibility index (Phi) is 3.91. The van der Waals surface area contributed by atoms with E-state index in [1.807, 2.05) is 11.5 Å². The minimum Gasteiger partial charge on any atom is -0.381 e. The Morgan fingerprint density at radius 2 is 1.85 bits per heavy atom. The Labute approximate surface area is 158 Å². The number of nitrogens with zero attached hydrogens (tertiary/aromatic N) is 4. The van der Waals surface area contributed by atoms with E-state index in [2.05, 4.69) is 15.2 Å². The standard InChI is InChI=1S/C19H16F2N4OS/c1-10-23-24-15-9-22-18(17-12(20)3-2-4-13(17)21)16-11-5-7-26-8-6-14(11)27-19(16)25(10)15/h2-4H,5-9H2,1H3. The van der Waals surface area contributed by atoms with Gasteiger partial charge in [0.2, 0.25) is 0 Å². The van der Waals surface area contributed by atoms with E-state index < -0.39 is 11.6 Å². The van der Waals surface area contributed by atoms with Crippen LogP contribution in [0.15, 0.2) is 23.2 Å². The fourth-order valence-electron chi connectivity index (χ4n) is 3.74. The summed E-state index contributed by atoms with van der Waals surface area (Å²) in [5.41, 5.74) is 2.12. The number of halogens is 2. The third kappa shape index (κ3) is 2.55. The van der Waals surface area contributed by atoms with Crippen LogP contribution in [0.1, 0.15) is 33.2 Å². The van der Waals surface area contributed by atoms with Crippen molar-refractivity contribution in [2.45, 2.75) is 26.3 Å². The predicted octanol–water partition coefficient (Wildman–Crippen LogP) is 3.38. The first-order valence-corrected chi connectivity index (χ1v) is 9.59. The molecule has 0 saturated heterocycles. The number of ether oxygens (including phenoxy) is 1. The lowest BCUT2D eigenvalue weighted by Crippen LogP contribution is -2.13. The zero-order valence-electron chi connectivity index (χ0n) is 14.6. The summed E-state index contributed by atoms with van der Waals surface area (Å²) < 4.78 is 36.8. The van der Waals surface area contributed by atoms with Gasteiger partial charge in [0.1, 0.15) is 29.0 Å². The van der Waals surface area contributed by atoms with E-state index in [4.69, 9.17) is 4.74 Å². The first-order valence-electron chi connectivity index (χ1n) is 8.78. The highest BCUT2D eigenvalue weighted by molar-refractivity contribution is 7.15. The molecule has 138 valence electrons. The second-order valence-corrected chi connectivity index (χ2v) is 7.64. The Morgan fingerprint density at radius 1 is 1.07 bits per heavy atom. The number of rotatable bonds is 1. The van der Waals surface area contributed by atoms with E-state index >= 15 is 0 Å². The van der Waals surface area contributed by atoms with Crippen molar-refractivity contribution in [1.82, 2.24) is 14.8 Å². The third-order valence-corrected chi connectivity index (χ3v) is 6.23. The van der Waals surface area contributed by atoms with Crippen LogP contribution in [0.25, 0.3) is 5.00 Å². The Bertz CT molecular complexity index is 1070. The van der Waals surface area contributed by atoms with Gasteiger partial charge in [-0.1, -0.05) is 6.07 Å². The summed E-state index contributed by atoms with van der Waals surface area (Å²) in [5.74, 6) is 0.190. The van der Waals surface area contributed by atoms with Gasteiger partial charge >= 0.3 is 0 Å². The quantitative estimate of drug-likeness (QED) is 0.644. The molecule has 3 aromatic rings. The van der Waals surface area contributed by atoms with E-state index in [-0.39, 0.29) is 12.1 Å². The summed E-state index contributed by atoms with van der Waals surface area (Å²) in [7, 11) is 0. The lowest BCUT2D eigenvalue weighted by molar-refractivity contribution is 0.146. The van der Waals surface area contributed by atoms with Crippen LogP contribution >= 0.6 is 11.3 Å². The van der Waals surface area contributed by atoms with Crippen molar-refractivity contribution < 1.29 is 13.5 Å². The van der Waals surface area contributed by atoms with Crippen LogP contribution in [0.3, 0.4) is 0 Å². The molecule has 2 aliphatic heterocycles. The number of aryl methyl sites for hydroxylation is 1. The lowest BCUT2D eigenvalue weighted by Gasteiger charge is -2.12. The third-order valence-electron chi connectivity index (χ3n) is 4.95. The van der Waals surface area contributed by atoms with Gasteiger partial charge in [-0.15, -0.1) is 21.5 Å². The molecule has 4 heterocycles. The maximum absolute atomic E-state index is 14.6. The van der Waals surface area contributed by atoms with E-state index in [0.717, 1.165) is 28.4 Å². The summed E-state index contributed by atoms with van der Waals surface area (Å²) in [4.78, 5) is 5.77. The summed E-state index contributed by atoms with van der Waals surface area (Å²) in [5, 5.41) is 9.27. The molecule has 0 atom stereocenters. The lowest BCUT2D eigenvalue weighted by atomic mass is 9.96. The number of benzene rings is 1. The van der Waals surface area contributed by atoms with E-state index in [1.165, 1.54) is 23.1 Å². The second kappa shape index (κ2) is 6.31. The molecule has 2 aliphatic rings. The highest BCUT2D eigenvalue weighted by Crippen LogP contribution is 2.39. The molecule has 0 N–H and O–H groups in total. The van der Waals surface area contributed by atoms with Gasteiger partial charge in [0.25, 0.3) is 0 Å². The molecule has 2 aromatic heterocycles. The fourth-order valence-corrected chi connectivity index (χ4v) is 5.13. The van der Waals surface area contributed by atoms with Gasteiger partial charge in [-0.25, -0.2) is 8.78 Å². The summed E-state index contributed by atoms with van der Waals surface area (Å²) >= 11 is 1.61. The molecule has 0 aliphatic carbocycles. The average molecular weight is 386 g/mol. The maximum Gasteiger partial charge on any atom is 0.160 e. The molecule has 0 bridgehead atoms. The van der Waals surface area contributed by atoms with Gasteiger partial charge in [0.05, 0.1) is 24.5 Å². The molecule has 0 unspecified atom stereocenters. The number of thiophene rings is 1. The highest BCUT2D eigenvalue weighted by atomic mass is 32.1. The first-order chi connectivity index (χ1) is 13.1. The normalized spacial score (nSPS) is 16.0. The molecule has 1 aromatic carbocycles.